The van der Waals surface area contributed by atoms with E-state index in [0.717, 1.165) is 0 Å². The molecule has 9 heteroatoms. The van der Waals surface area contributed by atoms with Crippen LogP contribution in [0.25, 0.3) is 0 Å². The Morgan fingerprint density at radius 3 is 2.45 bits per heavy atom. The van der Waals surface area contributed by atoms with E-state index >= 15 is 0 Å². The van der Waals surface area contributed by atoms with Crippen LogP contribution in [0.2, 0.25) is 6.32 Å². The van der Waals surface area contributed by atoms with E-state index in [-0.39, 0.29) is 31.2 Å². The number of carboxylic acids is 1. The van der Waals surface area contributed by atoms with Crippen molar-refractivity contribution in [1.82, 2.24) is 4.90 Å². The Morgan fingerprint density at radius 2 is 2.00 bits per heavy atom. The summed E-state index contributed by atoms with van der Waals surface area (Å²) in [7, 11) is -1.43. The normalized spacial score (nSPS) is 26.3. The third-order valence-electron chi connectivity index (χ3n) is 4.35. The predicted octanol–water partition coefficient (Wildman–Crippen LogP) is -1.54. The van der Waals surface area contributed by atoms with Crippen molar-refractivity contribution in [1.29, 1.82) is 0 Å². The molecule has 126 valence electrons. The molecule has 0 radical (unpaired) electrons. The number of nitrogens with two attached hydrogens (primary N) is 2. The number of aliphatic carboxylic acids is 1. The molecular formula is C13H26BN3O5. The number of hydrogen-bond donors (Lipinski definition) is 5. The van der Waals surface area contributed by atoms with Crippen molar-refractivity contribution in [3.05, 3.63) is 0 Å². The summed E-state index contributed by atoms with van der Waals surface area (Å²) in [6.45, 7) is 3.80. The minimum atomic E-state index is -1.52. The van der Waals surface area contributed by atoms with Gasteiger partial charge in [-0.3, -0.25) is 9.59 Å². The Labute approximate surface area is 130 Å². The van der Waals surface area contributed by atoms with Gasteiger partial charge in [0.05, 0.1) is 6.04 Å². The van der Waals surface area contributed by atoms with Gasteiger partial charge in [-0.05, 0) is 18.7 Å². The van der Waals surface area contributed by atoms with Crippen LogP contribution in [0.3, 0.4) is 0 Å². The van der Waals surface area contributed by atoms with Gasteiger partial charge < -0.3 is 31.5 Å². The Kier molecular flexibility index (Phi) is 6.36. The first kappa shape index (κ1) is 18.9. The molecule has 3 atom stereocenters. The molecule has 22 heavy (non-hydrogen) atoms. The van der Waals surface area contributed by atoms with Crippen molar-refractivity contribution in [3.8, 4) is 0 Å². The average Bonchev–Trinajstić information content (AvgIpc) is 2.75. The van der Waals surface area contributed by atoms with Crippen molar-refractivity contribution >= 4 is 19.0 Å². The molecule has 1 rings (SSSR count). The first-order chi connectivity index (χ1) is 10.1. The first-order valence-corrected chi connectivity index (χ1v) is 7.52. The molecule has 1 unspecified atom stereocenters. The van der Waals surface area contributed by atoms with Gasteiger partial charge >= 0.3 is 13.1 Å². The standard InChI is InChI=1S/C13H26BN3O5/c1-8(2)10(15)11(18)17-6-9(4-3-5-14(21)22)13(16,7-17)12(19)20/h8-10,21-22H,3-7,15-16H2,1-2H3,(H,19,20)/t9-,10?,13-/m0/s1. The van der Waals surface area contributed by atoms with Gasteiger partial charge in [0.15, 0.2) is 0 Å². The quantitative estimate of drug-likeness (QED) is 0.357. The largest absolute Gasteiger partial charge is 0.480 e. The van der Waals surface area contributed by atoms with Crippen molar-refractivity contribution in [2.24, 2.45) is 23.3 Å². The third kappa shape index (κ3) is 4.19. The summed E-state index contributed by atoms with van der Waals surface area (Å²) in [5, 5.41) is 27.1. The Bertz CT molecular complexity index is 420. The molecule has 1 amide bonds. The topological polar surface area (TPSA) is 150 Å². The lowest BCUT2D eigenvalue weighted by molar-refractivity contribution is -0.144. The van der Waals surface area contributed by atoms with Crippen LogP contribution in [0, 0.1) is 11.8 Å². The van der Waals surface area contributed by atoms with Gasteiger partial charge in [-0.15, -0.1) is 0 Å². The highest BCUT2D eigenvalue weighted by Crippen LogP contribution is 2.31. The van der Waals surface area contributed by atoms with Gasteiger partial charge in [-0.2, -0.15) is 0 Å². The molecule has 0 aliphatic carbocycles. The lowest BCUT2D eigenvalue weighted by Gasteiger charge is -2.25. The molecule has 1 aliphatic rings. The maximum Gasteiger partial charge on any atom is 0.451 e. The van der Waals surface area contributed by atoms with E-state index in [0.29, 0.717) is 12.8 Å². The second kappa shape index (κ2) is 7.41. The van der Waals surface area contributed by atoms with Crippen LogP contribution < -0.4 is 11.5 Å². The zero-order valence-electron chi connectivity index (χ0n) is 13.1. The van der Waals surface area contributed by atoms with Crippen LogP contribution in [-0.4, -0.2) is 63.7 Å². The molecule has 0 saturated carbocycles. The number of amides is 1. The molecule has 0 aromatic rings. The van der Waals surface area contributed by atoms with Crippen LogP contribution in [0.5, 0.6) is 0 Å². The van der Waals surface area contributed by atoms with E-state index in [1.807, 2.05) is 13.8 Å². The Morgan fingerprint density at radius 1 is 1.41 bits per heavy atom. The summed E-state index contributed by atoms with van der Waals surface area (Å²) in [5.41, 5.74) is 10.3. The number of hydrogen-bond acceptors (Lipinski definition) is 6. The SMILES string of the molecule is CC(C)C(N)C(=O)N1C[C@H](CCCB(O)O)[C@](N)(C(=O)O)C1. The predicted molar refractivity (Wildman–Crippen MR) is 81.7 cm³/mol. The fraction of sp³-hybridized carbons (Fsp3) is 0.846. The lowest BCUT2D eigenvalue weighted by Crippen LogP contribution is -2.55. The highest BCUT2D eigenvalue weighted by Gasteiger charge is 2.51. The van der Waals surface area contributed by atoms with Gasteiger partial charge in [-0.1, -0.05) is 20.3 Å². The highest BCUT2D eigenvalue weighted by molar-refractivity contribution is 6.40. The Hall–Kier alpha value is -1.16. The maximum absolute atomic E-state index is 12.3. The fourth-order valence-electron chi connectivity index (χ4n) is 2.74. The smallest absolute Gasteiger partial charge is 0.451 e. The van der Waals surface area contributed by atoms with E-state index in [4.69, 9.17) is 21.5 Å². The Balaban J connectivity index is 2.79. The van der Waals surface area contributed by atoms with Gasteiger partial charge in [-0.25, -0.2) is 0 Å². The minimum Gasteiger partial charge on any atom is -0.480 e. The summed E-state index contributed by atoms with van der Waals surface area (Å²) in [5.74, 6) is -1.94. The molecule has 1 aliphatic heterocycles. The van der Waals surface area contributed by atoms with Gasteiger partial charge in [0.2, 0.25) is 5.91 Å². The van der Waals surface area contributed by atoms with Crippen LogP contribution in [0.1, 0.15) is 26.7 Å². The summed E-state index contributed by atoms with van der Waals surface area (Å²) in [6.07, 6.45) is 0.972. The summed E-state index contributed by atoms with van der Waals surface area (Å²) < 4.78 is 0. The number of carboxylic acid groups (broad SMARTS) is 1. The van der Waals surface area contributed by atoms with Crippen LogP contribution in [0.15, 0.2) is 0 Å². The molecule has 0 bridgehead atoms. The molecule has 1 heterocycles. The van der Waals surface area contributed by atoms with Crippen molar-refractivity contribution in [3.63, 3.8) is 0 Å². The monoisotopic (exact) mass is 315 g/mol. The van der Waals surface area contributed by atoms with Crippen LogP contribution in [0.4, 0.5) is 0 Å². The van der Waals surface area contributed by atoms with Gasteiger partial charge in [0.25, 0.3) is 0 Å². The summed E-state index contributed by atoms with van der Waals surface area (Å²) in [6, 6.07) is -0.684. The van der Waals surface area contributed by atoms with Crippen molar-refractivity contribution in [2.75, 3.05) is 13.1 Å². The van der Waals surface area contributed by atoms with Crippen molar-refractivity contribution in [2.45, 2.75) is 44.6 Å². The minimum absolute atomic E-state index is 0.0481. The van der Waals surface area contributed by atoms with Crippen LogP contribution in [-0.2, 0) is 9.59 Å². The fourth-order valence-corrected chi connectivity index (χ4v) is 2.74. The van der Waals surface area contributed by atoms with E-state index in [9.17, 15) is 14.7 Å². The molecule has 0 aromatic carbocycles. The van der Waals surface area contributed by atoms with E-state index in [2.05, 4.69) is 0 Å². The highest BCUT2D eigenvalue weighted by atomic mass is 16.4. The van der Waals surface area contributed by atoms with Gasteiger partial charge in [0, 0.05) is 19.0 Å². The molecule has 0 spiro atoms. The van der Waals surface area contributed by atoms with E-state index < -0.39 is 30.6 Å². The molecule has 8 nitrogen and oxygen atoms in total. The molecule has 0 aromatic heterocycles. The number of nitrogens with zero attached hydrogens (tertiary/aromatic N) is 1. The lowest BCUT2D eigenvalue weighted by atomic mass is 9.78. The summed E-state index contributed by atoms with van der Waals surface area (Å²) >= 11 is 0. The van der Waals surface area contributed by atoms with Gasteiger partial charge in [0.1, 0.15) is 5.54 Å². The number of carbonyl (C=O) groups excluding carboxylic acids is 1. The third-order valence-corrected chi connectivity index (χ3v) is 4.35. The zero-order chi connectivity index (χ0) is 17.1. The second-order valence-electron chi connectivity index (χ2n) is 6.44. The van der Waals surface area contributed by atoms with E-state index in [1.165, 1.54) is 4.90 Å². The molecule has 1 saturated heterocycles. The summed E-state index contributed by atoms with van der Waals surface area (Å²) in [4.78, 5) is 25.2. The molecule has 7 N–H and O–H groups in total. The molecular weight excluding hydrogens is 289 g/mol. The number of likely N-dealkylation sites (tertiary alicyclic amines) is 1. The first-order valence-electron chi connectivity index (χ1n) is 7.52. The maximum atomic E-state index is 12.3. The molecule has 1 fully saturated rings. The average molecular weight is 315 g/mol. The van der Waals surface area contributed by atoms with Crippen LogP contribution >= 0.6 is 0 Å². The number of rotatable bonds is 7. The zero-order valence-corrected chi connectivity index (χ0v) is 13.1. The number of carbonyl (C=O) groups is 2. The van der Waals surface area contributed by atoms with Crippen molar-refractivity contribution < 1.29 is 24.7 Å². The second-order valence-corrected chi connectivity index (χ2v) is 6.44. The van der Waals surface area contributed by atoms with E-state index in [1.54, 1.807) is 0 Å².